The van der Waals surface area contributed by atoms with Crippen LogP contribution in [0.15, 0.2) is 17.1 Å². The molecular formula is C27H40N2O5. The van der Waals surface area contributed by atoms with E-state index in [1.54, 1.807) is 0 Å². The first-order valence-electron chi connectivity index (χ1n) is 13.0. The van der Waals surface area contributed by atoms with Gasteiger partial charge in [0.25, 0.3) is 5.56 Å². The van der Waals surface area contributed by atoms with Crippen molar-refractivity contribution in [3.05, 3.63) is 33.7 Å². The van der Waals surface area contributed by atoms with E-state index < -0.39 is 17.0 Å². The first-order valence-corrected chi connectivity index (χ1v) is 13.0. The van der Waals surface area contributed by atoms with Crippen LogP contribution in [0.3, 0.4) is 0 Å². The smallest absolute Gasteiger partial charge is 0.337 e. The number of hydrogen-bond acceptors (Lipinski definition) is 4. The van der Waals surface area contributed by atoms with Gasteiger partial charge in [-0.25, -0.2) is 4.79 Å². The number of likely N-dealkylation sites (tertiary alicyclic amines) is 1. The van der Waals surface area contributed by atoms with Crippen LogP contribution in [0.1, 0.15) is 100 Å². The molecule has 3 fully saturated rings. The molecule has 0 bridgehead atoms. The average Bonchev–Trinajstić information content (AvgIpc) is 3.62. The van der Waals surface area contributed by atoms with E-state index >= 15 is 0 Å². The minimum Gasteiger partial charge on any atom is -0.478 e. The van der Waals surface area contributed by atoms with Crippen LogP contribution in [0, 0.1) is 17.3 Å². The summed E-state index contributed by atoms with van der Waals surface area (Å²) in [4.78, 5) is 39.8. The monoisotopic (exact) mass is 472 g/mol. The van der Waals surface area contributed by atoms with Gasteiger partial charge < -0.3 is 19.7 Å². The maximum absolute atomic E-state index is 13.2. The molecule has 0 unspecified atom stereocenters. The Morgan fingerprint density at radius 1 is 1.15 bits per heavy atom. The van der Waals surface area contributed by atoms with Gasteiger partial charge in [0.05, 0.1) is 17.7 Å². The Morgan fingerprint density at radius 2 is 1.82 bits per heavy atom. The molecule has 4 rings (SSSR count). The van der Waals surface area contributed by atoms with Crippen LogP contribution >= 0.6 is 0 Å². The molecule has 1 aromatic rings. The lowest BCUT2D eigenvalue weighted by Crippen LogP contribution is -2.61. The Morgan fingerprint density at radius 3 is 2.41 bits per heavy atom. The molecule has 2 N–H and O–H groups in total. The van der Waals surface area contributed by atoms with Crippen molar-refractivity contribution in [1.82, 2.24) is 9.47 Å². The highest BCUT2D eigenvalue weighted by Crippen LogP contribution is 2.42. The molecular weight excluding hydrogens is 432 g/mol. The lowest BCUT2D eigenvalue weighted by molar-refractivity contribution is -0.157. The Bertz CT molecular complexity index is 989. The quantitative estimate of drug-likeness (QED) is 0.624. The second-order valence-electron chi connectivity index (χ2n) is 11.8. The van der Waals surface area contributed by atoms with Gasteiger partial charge in [-0.1, -0.05) is 52.9 Å². The molecule has 34 heavy (non-hydrogen) atoms. The number of rotatable bonds is 7. The van der Waals surface area contributed by atoms with Crippen LogP contribution in [-0.2, 0) is 11.3 Å². The lowest BCUT2D eigenvalue weighted by atomic mass is 9.69. The molecule has 1 aromatic heterocycles. The summed E-state index contributed by atoms with van der Waals surface area (Å²) in [6, 6.07) is 1.43. The number of amides is 1. The number of carboxylic acids is 1. The van der Waals surface area contributed by atoms with Gasteiger partial charge >= 0.3 is 5.97 Å². The summed E-state index contributed by atoms with van der Waals surface area (Å²) in [7, 11) is 0. The number of carbonyl (C=O) groups is 2. The second-order valence-corrected chi connectivity index (χ2v) is 11.8. The van der Waals surface area contributed by atoms with E-state index in [4.69, 9.17) is 0 Å². The maximum Gasteiger partial charge on any atom is 0.337 e. The molecule has 2 aliphatic carbocycles. The van der Waals surface area contributed by atoms with Crippen molar-refractivity contribution < 1.29 is 19.8 Å². The van der Waals surface area contributed by atoms with Gasteiger partial charge in [0.2, 0.25) is 5.91 Å². The summed E-state index contributed by atoms with van der Waals surface area (Å²) in [6.07, 6.45) is 10.8. The molecule has 2 heterocycles. The summed E-state index contributed by atoms with van der Waals surface area (Å²) in [5, 5.41) is 21.3. The van der Waals surface area contributed by atoms with Crippen molar-refractivity contribution in [2.45, 2.75) is 96.6 Å². The number of hydrogen-bond donors (Lipinski definition) is 2. The Labute approximate surface area is 202 Å². The molecule has 2 atom stereocenters. The fourth-order valence-electron chi connectivity index (χ4n) is 6.08. The normalized spacial score (nSPS) is 26.3. The summed E-state index contributed by atoms with van der Waals surface area (Å²) < 4.78 is 1.35. The molecule has 0 spiro atoms. The Balaban J connectivity index is 1.46. The Kier molecular flexibility index (Phi) is 6.96. The van der Waals surface area contributed by atoms with E-state index in [1.807, 2.05) is 25.7 Å². The highest BCUT2D eigenvalue weighted by molar-refractivity contribution is 5.89. The third-order valence-electron chi connectivity index (χ3n) is 8.62. The standard InChI is InChI=1S/C27H40N2O5/c1-18(13-19-7-5-4-6-8-19)24(31)28-12-11-27(34,26(2,3)16-28)17-29-15-22(25(32)33)21(14-23(29)30)20-9-10-20/h14-15,18-20,34H,4-13,16-17H2,1-3H3,(H,32,33)/t18-,27-/m1/s1. The summed E-state index contributed by atoms with van der Waals surface area (Å²) >= 11 is 0. The zero-order valence-corrected chi connectivity index (χ0v) is 20.9. The van der Waals surface area contributed by atoms with Crippen molar-refractivity contribution in [1.29, 1.82) is 0 Å². The number of aliphatic hydroxyl groups is 1. The molecule has 0 radical (unpaired) electrons. The predicted molar refractivity (Wildman–Crippen MR) is 130 cm³/mol. The SMILES string of the molecule is C[C@H](CC1CCCCC1)C(=O)N1CC[C@@](O)(Cn2cc(C(=O)O)c(C3CC3)cc2=O)C(C)(C)C1. The van der Waals surface area contributed by atoms with Gasteiger partial charge in [-0.05, 0) is 43.1 Å². The van der Waals surface area contributed by atoms with E-state index in [1.165, 1.54) is 48.9 Å². The number of carbonyl (C=O) groups excluding carboxylic acids is 1. The first-order chi connectivity index (χ1) is 16.0. The summed E-state index contributed by atoms with van der Waals surface area (Å²) in [5.41, 5.74) is -1.41. The van der Waals surface area contributed by atoms with E-state index in [0.29, 0.717) is 31.0 Å². The van der Waals surface area contributed by atoms with Crippen molar-refractivity contribution in [2.24, 2.45) is 17.3 Å². The summed E-state index contributed by atoms with van der Waals surface area (Å²) in [6.45, 7) is 6.76. The number of aromatic nitrogens is 1. The second kappa shape index (κ2) is 9.48. The maximum atomic E-state index is 13.2. The molecule has 1 amide bonds. The predicted octanol–water partition coefficient (Wildman–Crippen LogP) is 4.02. The van der Waals surface area contributed by atoms with Crippen LogP contribution < -0.4 is 5.56 Å². The molecule has 1 aliphatic heterocycles. The van der Waals surface area contributed by atoms with E-state index in [2.05, 4.69) is 0 Å². The molecule has 3 aliphatic rings. The van der Waals surface area contributed by atoms with Crippen LogP contribution in [0.4, 0.5) is 0 Å². The van der Waals surface area contributed by atoms with E-state index in [9.17, 15) is 24.6 Å². The van der Waals surface area contributed by atoms with Crippen LogP contribution in [-0.4, -0.2) is 50.2 Å². The van der Waals surface area contributed by atoms with Gasteiger partial charge in [-0.15, -0.1) is 0 Å². The number of pyridine rings is 1. The highest BCUT2D eigenvalue weighted by atomic mass is 16.4. The molecule has 7 heteroatoms. The van der Waals surface area contributed by atoms with Crippen molar-refractivity contribution in [3.8, 4) is 0 Å². The number of nitrogens with zero attached hydrogens (tertiary/aromatic N) is 2. The minimum atomic E-state index is -1.23. The van der Waals surface area contributed by atoms with Crippen LogP contribution in [0.25, 0.3) is 0 Å². The third kappa shape index (κ3) is 5.09. The number of carboxylic acid groups (broad SMARTS) is 1. The lowest BCUT2D eigenvalue weighted by Gasteiger charge is -2.51. The first kappa shape index (κ1) is 25.0. The van der Waals surface area contributed by atoms with E-state index in [-0.39, 0.29) is 35.4 Å². The largest absolute Gasteiger partial charge is 0.478 e. The fraction of sp³-hybridized carbons (Fsp3) is 0.741. The zero-order valence-electron chi connectivity index (χ0n) is 20.9. The molecule has 1 saturated heterocycles. The fourth-order valence-corrected chi connectivity index (χ4v) is 6.08. The van der Waals surface area contributed by atoms with Gasteiger partial charge in [-0.3, -0.25) is 9.59 Å². The van der Waals surface area contributed by atoms with Gasteiger partial charge in [0.15, 0.2) is 0 Å². The molecule has 188 valence electrons. The average molecular weight is 473 g/mol. The van der Waals surface area contributed by atoms with Gasteiger partial charge in [-0.2, -0.15) is 0 Å². The van der Waals surface area contributed by atoms with Crippen molar-refractivity contribution in [2.75, 3.05) is 13.1 Å². The van der Waals surface area contributed by atoms with Crippen LogP contribution in [0.2, 0.25) is 0 Å². The topological polar surface area (TPSA) is 99.8 Å². The van der Waals surface area contributed by atoms with Crippen molar-refractivity contribution in [3.63, 3.8) is 0 Å². The molecule has 2 saturated carbocycles. The minimum absolute atomic E-state index is 0.0176. The van der Waals surface area contributed by atoms with Crippen molar-refractivity contribution >= 4 is 11.9 Å². The third-order valence-corrected chi connectivity index (χ3v) is 8.62. The van der Waals surface area contributed by atoms with Gasteiger partial charge in [0.1, 0.15) is 0 Å². The highest BCUT2D eigenvalue weighted by Gasteiger charge is 2.49. The van der Waals surface area contributed by atoms with E-state index in [0.717, 1.165) is 19.3 Å². The summed E-state index contributed by atoms with van der Waals surface area (Å²) in [5.74, 6) is -0.135. The van der Waals surface area contributed by atoms with Gasteiger partial charge in [0, 0.05) is 36.7 Å². The molecule has 7 nitrogen and oxygen atoms in total. The van der Waals surface area contributed by atoms with Crippen LogP contribution in [0.5, 0.6) is 0 Å². The zero-order chi connectivity index (χ0) is 24.7. The Hall–Kier alpha value is -2.15. The molecule has 0 aromatic carbocycles. The number of piperidine rings is 1. The number of aromatic carboxylic acids is 1.